The Morgan fingerprint density at radius 2 is 2.11 bits per heavy atom. The number of hydrogen-bond acceptors (Lipinski definition) is 3. The highest BCUT2D eigenvalue weighted by molar-refractivity contribution is 5.77. The van der Waals surface area contributed by atoms with E-state index in [0.717, 1.165) is 16.7 Å². The lowest BCUT2D eigenvalue weighted by Crippen LogP contribution is -2.17. The van der Waals surface area contributed by atoms with Gasteiger partial charge in [-0.05, 0) is 30.7 Å². The molecule has 3 nitrogen and oxygen atoms in total. The molecule has 19 heavy (non-hydrogen) atoms. The molecule has 0 aliphatic heterocycles. The van der Waals surface area contributed by atoms with E-state index in [-0.39, 0.29) is 6.04 Å². The van der Waals surface area contributed by atoms with Crippen molar-refractivity contribution in [1.29, 1.82) is 0 Å². The van der Waals surface area contributed by atoms with E-state index in [1.165, 1.54) is 5.56 Å². The molecule has 2 heterocycles. The quantitative estimate of drug-likeness (QED) is 0.769. The molecule has 1 aromatic carbocycles. The standard InChI is InChI=1S/C16H16N2O/c1-12(14-6-4-8-17-10-14)18-11-15-9-13-5-2-3-7-16(13)19-15/h2-10,12,18H,11H2,1H3/t12-/m1/s1. The van der Waals surface area contributed by atoms with Gasteiger partial charge in [-0.25, -0.2) is 0 Å². The summed E-state index contributed by atoms with van der Waals surface area (Å²) in [5.41, 5.74) is 2.12. The second-order valence-electron chi connectivity index (χ2n) is 4.64. The lowest BCUT2D eigenvalue weighted by Gasteiger charge is -2.12. The third-order valence-corrected chi connectivity index (χ3v) is 3.24. The van der Waals surface area contributed by atoms with Crippen LogP contribution in [-0.2, 0) is 6.54 Å². The number of furan rings is 1. The first kappa shape index (κ1) is 11.9. The van der Waals surface area contributed by atoms with E-state index in [2.05, 4.69) is 35.4 Å². The molecule has 0 unspecified atom stereocenters. The second-order valence-corrected chi connectivity index (χ2v) is 4.64. The summed E-state index contributed by atoms with van der Waals surface area (Å²) in [6, 6.07) is 14.4. The van der Waals surface area contributed by atoms with Crippen molar-refractivity contribution in [2.24, 2.45) is 0 Å². The molecule has 0 aliphatic rings. The van der Waals surface area contributed by atoms with Gasteiger partial charge in [0.05, 0.1) is 6.54 Å². The summed E-state index contributed by atoms with van der Waals surface area (Å²) in [5.74, 6) is 0.956. The van der Waals surface area contributed by atoms with Crippen LogP contribution in [0.15, 0.2) is 59.3 Å². The number of nitrogens with zero attached hydrogens (tertiary/aromatic N) is 1. The van der Waals surface area contributed by atoms with Crippen LogP contribution < -0.4 is 5.32 Å². The number of rotatable bonds is 4. The third-order valence-electron chi connectivity index (χ3n) is 3.24. The van der Waals surface area contributed by atoms with Crippen LogP contribution >= 0.6 is 0 Å². The van der Waals surface area contributed by atoms with Gasteiger partial charge < -0.3 is 9.73 Å². The van der Waals surface area contributed by atoms with Gasteiger partial charge in [0, 0.05) is 23.8 Å². The van der Waals surface area contributed by atoms with Crippen LogP contribution in [0, 0.1) is 0 Å². The molecule has 0 saturated carbocycles. The van der Waals surface area contributed by atoms with Gasteiger partial charge in [0.15, 0.2) is 0 Å². The molecule has 3 rings (SSSR count). The van der Waals surface area contributed by atoms with Crippen molar-refractivity contribution in [2.45, 2.75) is 19.5 Å². The molecule has 0 fully saturated rings. The fourth-order valence-electron chi connectivity index (χ4n) is 2.13. The first-order chi connectivity index (χ1) is 9.33. The minimum Gasteiger partial charge on any atom is -0.460 e. The van der Waals surface area contributed by atoms with Gasteiger partial charge in [0.2, 0.25) is 0 Å². The van der Waals surface area contributed by atoms with Crippen molar-refractivity contribution in [3.05, 3.63) is 66.2 Å². The average molecular weight is 252 g/mol. The lowest BCUT2D eigenvalue weighted by molar-refractivity contribution is 0.482. The Morgan fingerprint density at radius 3 is 2.89 bits per heavy atom. The van der Waals surface area contributed by atoms with Crippen LogP contribution in [0.5, 0.6) is 0 Å². The van der Waals surface area contributed by atoms with Crippen molar-refractivity contribution in [3.8, 4) is 0 Å². The van der Waals surface area contributed by atoms with Gasteiger partial charge in [-0.15, -0.1) is 0 Å². The van der Waals surface area contributed by atoms with E-state index in [4.69, 9.17) is 4.42 Å². The number of para-hydroxylation sites is 1. The van der Waals surface area contributed by atoms with E-state index >= 15 is 0 Å². The molecule has 0 spiro atoms. The van der Waals surface area contributed by atoms with Crippen LogP contribution in [0.25, 0.3) is 11.0 Å². The van der Waals surface area contributed by atoms with E-state index in [1.54, 1.807) is 6.20 Å². The zero-order chi connectivity index (χ0) is 13.1. The SMILES string of the molecule is C[C@@H](NCc1cc2ccccc2o1)c1cccnc1. The molecule has 0 bridgehead atoms. The highest BCUT2D eigenvalue weighted by atomic mass is 16.3. The Morgan fingerprint density at radius 1 is 1.21 bits per heavy atom. The summed E-state index contributed by atoms with van der Waals surface area (Å²) < 4.78 is 5.78. The molecule has 0 saturated heterocycles. The maximum Gasteiger partial charge on any atom is 0.134 e. The summed E-state index contributed by atoms with van der Waals surface area (Å²) in [6.07, 6.45) is 3.67. The maximum atomic E-state index is 5.78. The Hall–Kier alpha value is -2.13. The molecule has 96 valence electrons. The summed E-state index contributed by atoms with van der Waals surface area (Å²) in [5, 5.41) is 4.59. The van der Waals surface area contributed by atoms with E-state index in [1.807, 2.05) is 30.5 Å². The highest BCUT2D eigenvalue weighted by Crippen LogP contribution is 2.19. The predicted octanol–water partition coefficient (Wildman–Crippen LogP) is 3.68. The van der Waals surface area contributed by atoms with Gasteiger partial charge in [-0.3, -0.25) is 4.98 Å². The van der Waals surface area contributed by atoms with E-state index < -0.39 is 0 Å². The van der Waals surface area contributed by atoms with Gasteiger partial charge in [-0.2, -0.15) is 0 Å². The Labute approximate surface area is 112 Å². The number of aromatic nitrogens is 1. The first-order valence-corrected chi connectivity index (χ1v) is 6.44. The minimum atomic E-state index is 0.252. The first-order valence-electron chi connectivity index (χ1n) is 6.44. The van der Waals surface area contributed by atoms with Gasteiger partial charge in [0.25, 0.3) is 0 Å². The number of pyridine rings is 1. The van der Waals surface area contributed by atoms with Crippen LogP contribution in [-0.4, -0.2) is 4.98 Å². The van der Waals surface area contributed by atoms with E-state index in [9.17, 15) is 0 Å². The summed E-state index contributed by atoms with van der Waals surface area (Å²) in [7, 11) is 0. The Balaban J connectivity index is 1.69. The molecule has 3 heteroatoms. The fourth-order valence-corrected chi connectivity index (χ4v) is 2.13. The fraction of sp³-hybridized carbons (Fsp3) is 0.188. The summed E-state index contributed by atoms with van der Waals surface area (Å²) >= 11 is 0. The molecule has 3 aromatic rings. The zero-order valence-corrected chi connectivity index (χ0v) is 10.8. The molecule has 2 aromatic heterocycles. The van der Waals surface area contributed by atoms with Gasteiger partial charge >= 0.3 is 0 Å². The van der Waals surface area contributed by atoms with Crippen molar-refractivity contribution < 1.29 is 4.42 Å². The predicted molar refractivity (Wildman–Crippen MR) is 75.7 cm³/mol. The molecule has 1 atom stereocenters. The van der Waals surface area contributed by atoms with Crippen LogP contribution in [0.2, 0.25) is 0 Å². The number of fused-ring (bicyclic) bond motifs is 1. The number of benzene rings is 1. The molecule has 0 radical (unpaired) electrons. The second kappa shape index (κ2) is 5.24. The molecular formula is C16H16N2O. The van der Waals surface area contributed by atoms with Crippen molar-refractivity contribution in [2.75, 3.05) is 0 Å². The average Bonchev–Trinajstić information content (AvgIpc) is 2.88. The molecule has 0 aliphatic carbocycles. The van der Waals surface area contributed by atoms with Crippen molar-refractivity contribution in [1.82, 2.24) is 10.3 Å². The topological polar surface area (TPSA) is 38.1 Å². The molecule has 1 N–H and O–H groups in total. The van der Waals surface area contributed by atoms with Gasteiger partial charge in [-0.1, -0.05) is 24.3 Å². The number of nitrogens with one attached hydrogen (secondary N) is 1. The summed E-state index contributed by atoms with van der Waals surface area (Å²) in [6.45, 7) is 2.84. The Bertz CT molecular complexity index is 628. The van der Waals surface area contributed by atoms with Crippen LogP contribution in [0.4, 0.5) is 0 Å². The van der Waals surface area contributed by atoms with E-state index in [0.29, 0.717) is 6.54 Å². The molecule has 0 amide bonds. The van der Waals surface area contributed by atoms with Crippen LogP contribution in [0.1, 0.15) is 24.3 Å². The normalized spacial score (nSPS) is 12.7. The molecular weight excluding hydrogens is 236 g/mol. The largest absolute Gasteiger partial charge is 0.460 e. The van der Waals surface area contributed by atoms with Crippen molar-refractivity contribution in [3.63, 3.8) is 0 Å². The third kappa shape index (κ3) is 2.66. The maximum absolute atomic E-state index is 5.78. The summed E-state index contributed by atoms with van der Waals surface area (Å²) in [4.78, 5) is 4.13. The highest BCUT2D eigenvalue weighted by Gasteiger charge is 2.07. The minimum absolute atomic E-state index is 0.252. The van der Waals surface area contributed by atoms with Crippen LogP contribution in [0.3, 0.4) is 0 Å². The van der Waals surface area contributed by atoms with Gasteiger partial charge in [0.1, 0.15) is 11.3 Å². The lowest BCUT2D eigenvalue weighted by atomic mass is 10.1. The Kier molecular flexibility index (Phi) is 3.29. The van der Waals surface area contributed by atoms with Crippen molar-refractivity contribution >= 4 is 11.0 Å². The monoisotopic (exact) mass is 252 g/mol. The smallest absolute Gasteiger partial charge is 0.134 e. The number of hydrogen-bond donors (Lipinski definition) is 1. The zero-order valence-electron chi connectivity index (χ0n) is 10.8.